The predicted octanol–water partition coefficient (Wildman–Crippen LogP) is 0.526. The number of hydrogen-bond donors (Lipinski definition) is 2. The fourth-order valence-electron chi connectivity index (χ4n) is 1.17. The Morgan fingerprint density at radius 2 is 2.25 bits per heavy atom. The van der Waals surface area contributed by atoms with Crippen LogP contribution in [0.25, 0.3) is 0 Å². The van der Waals surface area contributed by atoms with E-state index in [9.17, 15) is 4.79 Å². The molecule has 1 rings (SSSR count). The Morgan fingerprint density at radius 3 is 2.75 bits per heavy atom. The van der Waals surface area contributed by atoms with Crippen LogP contribution in [0.5, 0.6) is 5.75 Å². The van der Waals surface area contributed by atoms with Crippen molar-refractivity contribution in [3.63, 3.8) is 0 Å². The summed E-state index contributed by atoms with van der Waals surface area (Å²) in [5.41, 5.74) is 6.08. The van der Waals surface area contributed by atoms with Gasteiger partial charge in [0.2, 0.25) is 0 Å². The Balaban J connectivity index is 3.14. The molecule has 0 spiro atoms. The van der Waals surface area contributed by atoms with Crippen LogP contribution in [0.3, 0.4) is 0 Å². The van der Waals surface area contributed by atoms with E-state index in [1.807, 2.05) is 0 Å². The minimum Gasteiger partial charge on any atom is -0.496 e. The van der Waals surface area contributed by atoms with Crippen LogP contribution in [0.15, 0.2) is 18.2 Å². The van der Waals surface area contributed by atoms with Gasteiger partial charge in [0.15, 0.2) is 0 Å². The number of aliphatic hydroxyl groups is 1. The number of rotatable bonds is 2. The van der Waals surface area contributed by atoms with E-state index in [1.165, 1.54) is 13.2 Å². The summed E-state index contributed by atoms with van der Waals surface area (Å²) in [5.74, 6) is 5.15. The summed E-state index contributed by atoms with van der Waals surface area (Å²) in [6.07, 6.45) is -0.709. The van der Waals surface area contributed by atoms with Crippen LogP contribution >= 0.6 is 0 Å². The third-order valence-electron chi connectivity index (χ3n) is 1.89. The van der Waals surface area contributed by atoms with Gasteiger partial charge in [0.05, 0.1) is 12.7 Å². The van der Waals surface area contributed by atoms with E-state index < -0.39 is 12.0 Å². The first-order valence-electron chi connectivity index (χ1n) is 4.72. The predicted molar refractivity (Wildman–Crippen MR) is 60.1 cm³/mol. The highest BCUT2D eigenvalue weighted by Gasteiger charge is 2.08. The molecule has 4 heteroatoms. The Bertz CT molecular complexity index is 455. The third kappa shape index (κ3) is 3.01. The maximum atomic E-state index is 11.1. The first-order chi connectivity index (χ1) is 7.54. The van der Waals surface area contributed by atoms with E-state index >= 15 is 0 Å². The normalized spacial score (nSPS) is 11.2. The van der Waals surface area contributed by atoms with Gasteiger partial charge in [0, 0.05) is 5.56 Å². The van der Waals surface area contributed by atoms with Crippen molar-refractivity contribution >= 4 is 5.91 Å². The Kier molecular flexibility index (Phi) is 3.92. The van der Waals surface area contributed by atoms with Crippen molar-refractivity contribution < 1.29 is 14.6 Å². The highest BCUT2D eigenvalue weighted by atomic mass is 16.5. The number of amides is 1. The Morgan fingerprint density at radius 1 is 1.56 bits per heavy atom. The van der Waals surface area contributed by atoms with E-state index in [0.29, 0.717) is 11.3 Å². The van der Waals surface area contributed by atoms with Crippen LogP contribution in [-0.2, 0) is 0 Å². The zero-order chi connectivity index (χ0) is 12.1. The molecule has 0 saturated carbocycles. The quantitative estimate of drug-likeness (QED) is 0.712. The van der Waals surface area contributed by atoms with Crippen LogP contribution in [0.4, 0.5) is 0 Å². The van der Waals surface area contributed by atoms with Crippen molar-refractivity contribution in [3.8, 4) is 17.6 Å². The number of aliphatic hydroxyl groups excluding tert-OH is 1. The van der Waals surface area contributed by atoms with Gasteiger partial charge in [0.1, 0.15) is 11.9 Å². The van der Waals surface area contributed by atoms with E-state index in [0.717, 1.165) is 0 Å². The van der Waals surface area contributed by atoms with Crippen LogP contribution < -0.4 is 10.5 Å². The Hall–Kier alpha value is -1.99. The lowest BCUT2D eigenvalue weighted by atomic mass is 10.1. The molecular weight excluding hydrogens is 206 g/mol. The molecule has 0 aliphatic carbocycles. The second-order valence-electron chi connectivity index (χ2n) is 3.22. The van der Waals surface area contributed by atoms with Gasteiger partial charge in [0.25, 0.3) is 5.91 Å². The molecule has 16 heavy (non-hydrogen) atoms. The minimum absolute atomic E-state index is 0.278. The van der Waals surface area contributed by atoms with Gasteiger partial charge < -0.3 is 15.6 Å². The van der Waals surface area contributed by atoms with Crippen molar-refractivity contribution in [1.29, 1.82) is 0 Å². The first-order valence-corrected chi connectivity index (χ1v) is 4.72. The standard InChI is InChI=1S/C12H13NO3/c1-8(14)3-4-9-5-6-11(16-2)10(7-9)12(13)15/h5-8,14H,1-2H3,(H2,13,15). The molecule has 1 atom stereocenters. The second-order valence-corrected chi connectivity index (χ2v) is 3.22. The van der Waals surface area contributed by atoms with E-state index in [-0.39, 0.29) is 5.56 Å². The topological polar surface area (TPSA) is 72.6 Å². The van der Waals surface area contributed by atoms with Gasteiger partial charge in [-0.05, 0) is 25.1 Å². The average Bonchev–Trinajstić information content (AvgIpc) is 2.25. The van der Waals surface area contributed by atoms with Crippen molar-refractivity contribution in [3.05, 3.63) is 29.3 Å². The van der Waals surface area contributed by atoms with Gasteiger partial charge in [-0.15, -0.1) is 0 Å². The summed E-state index contributed by atoms with van der Waals surface area (Å²) in [6.45, 7) is 1.56. The van der Waals surface area contributed by atoms with Gasteiger partial charge in [-0.1, -0.05) is 11.8 Å². The van der Waals surface area contributed by atoms with Gasteiger partial charge >= 0.3 is 0 Å². The highest BCUT2D eigenvalue weighted by molar-refractivity contribution is 5.96. The molecule has 3 N–H and O–H groups in total. The molecule has 0 heterocycles. The molecule has 0 radical (unpaired) electrons. The molecule has 0 aromatic heterocycles. The molecule has 0 fully saturated rings. The number of carbonyl (C=O) groups excluding carboxylic acids is 1. The molecule has 0 saturated heterocycles. The number of carbonyl (C=O) groups is 1. The largest absolute Gasteiger partial charge is 0.496 e. The summed E-state index contributed by atoms with van der Waals surface area (Å²) in [4.78, 5) is 11.1. The molecule has 1 aromatic carbocycles. The lowest BCUT2D eigenvalue weighted by Crippen LogP contribution is -2.12. The molecule has 0 bridgehead atoms. The van der Waals surface area contributed by atoms with Gasteiger partial charge in [-0.3, -0.25) is 4.79 Å². The summed E-state index contributed by atoms with van der Waals surface area (Å²) in [5, 5.41) is 9.00. The minimum atomic E-state index is -0.709. The Labute approximate surface area is 94.0 Å². The zero-order valence-corrected chi connectivity index (χ0v) is 9.15. The summed E-state index contributed by atoms with van der Waals surface area (Å²) in [6, 6.07) is 4.85. The zero-order valence-electron chi connectivity index (χ0n) is 9.15. The van der Waals surface area contributed by atoms with Gasteiger partial charge in [-0.2, -0.15) is 0 Å². The SMILES string of the molecule is COc1ccc(C#CC(C)O)cc1C(N)=O. The van der Waals surface area contributed by atoms with Crippen LogP contribution in [0.2, 0.25) is 0 Å². The molecule has 4 nitrogen and oxygen atoms in total. The summed E-state index contributed by atoms with van der Waals surface area (Å²) < 4.78 is 4.99. The molecular formula is C12H13NO3. The molecule has 1 amide bonds. The molecule has 1 unspecified atom stereocenters. The maximum Gasteiger partial charge on any atom is 0.252 e. The highest BCUT2D eigenvalue weighted by Crippen LogP contribution is 2.18. The molecule has 0 aliphatic rings. The van der Waals surface area contributed by atoms with Crippen molar-refractivity contribution in [1.82, 2.24) is 0 Å². The van der Waals surface area contributed by atoms with E-state index in [4.69, 9.17) is 15.6 Å². The summed E-state index contributed by atoms with van der Waals surface area (Å²) in [7, 11) is 1.46. The molecule has 1 aromatic rings. The molecule has 84 valence electrons. The van der Waals surface area contributed by atoms with E-state index in [2.05, 4.69) is 11.8 Å². The lowest BCUT2D eigenvalue weighted by molar-refractivity contribution is 0.0997. The average molecular weight is 219 g/mol. The maximum absolute atomic E-state index is 11.1. The van der Waals surface area contributed by atoms with Crippen molar-refractivity contribution in [2.45, 2.75) is 13.0 Å². The van der Waals surface area contributed by atoms with Crippen LogP contribution in [-0.4, -0.2) is 24.2 Å². The van der Waals surface area contributed by atoms with Crippen LogP contribution in [0.1, 0.15) is 22.8 Å². The monoisotopic (exact) mass is 219 g/mol. The smallest absolute Gasteiger partial charge is 0.252 e. The fourth-order valence-corrected chi connectivity index (χ4v) is 1.17. The lowest BCUT2D eigenvalue weighted by Gasteiger charge is -2.05. The second kappa shape index (κ2) is 5.19. The third-order valence-corrected chi connectivity index (χ3v) is 1.89. The first kappa shape index (κ1) is 12.1. The fraction of sp³-hybridized carbons (Fsp3) is 0.250. The number of hydrogen-bond acceptors (Lipinski definition) is 3. The summed E-state index contributed by atoms with van der Waals surface area (Å²) >= 11 is 0. The van der Waals surface area contributed by atoms with Gasteiger partial charge in [-0.25, -0.2) is 0 Å². The number of primary amides is 1. The van der Waals surface area contributed by atoms with Crippen LogP contribution in [0, 0.1) is 11.8 Å². The number of nitrogens with two attached hydrogens (primary N) is 1. The number of benzene rings is 1. The van der Waals surface area contributed by atoms with Crippen molar-refractivity contribution in [2.75, 3.05) is 7.11 Å². The molecule has 0 aliphatic heterocycles. The number of methoxy groups -OCH3 is 1. The van der Waals surface area contributed by atoms with E-state index in [1.54, 1.807) is 19.1 Å². The number of ether oxygens (including phenoxy) is 1. The van der Waals surface area contributed by atoms with Crippen molar-refractivity contribution in [2.24, 2.45) is 5.73 Å².